The average Bonchev–Trinajstić information content (AvgIpc) is 3.09. The van der Waals surface area contributed by atoms with Gasteiger partial charge in [0.15, 0.2) is 0 Å². The molecule has 0 saturated carbocycles. The van der Waals surface area contributed by atoms with Crippen LogP contribution in [0.4, 0.5) is 10.1 Å². The third-order valence-electron chi connectivity index (χ3n) is 4.03. The van der Waals surface area contributed by atoms with E-state index in [-0.39, 0.29) is 5.82 Å². The van der Waals surface area contributed by atoms with Crippen molar-refractivity contribution in [2.24, 2.45) is 0 Å². The van der Waals surface area contributed by atoms with Gasteiger partial charge in [0.2, 0.25) is 0 Å². The number of hydrogen-bond donors (Lipinski definition) is 1. The Morgan fingerprint density at radius 3 is 2.46 bits per heavy atom. The zero-order chi connectivity index (χ0) is 16.4. The Kier molecular flexibility index (Phi) is 3.75. The highest BCUT2D eigenvalue weighted by Gasteiger charge is 2.06. The van der Waals surface area contributed by atoms with Gasteiger partial charge in [0, 0.05) is 16.6 Å². The fraction of sp³-hybridized carbons (Fsp3) is 0.0476. The lowest BCUT2D eigenvalue weighted by Crippen LogP contribution is -1.98. The molecule has 4 aromatic rings. The van der Waals surface area contributed by atoms with Crippen molar-refractivity contribution in [2.75, 3.05) is 5.32 Å². The number of halogens is 1. The number of rotatable bonds is 4. The molecule has 0 unspecified atom stereocenters. The van der Waals surface area contributed by atoms with Gasteiger partial charge in [0.1, 0.15) is 17.3 Å². The molecule has 0 aliphatic rings. The topological polar surface area (TPSA) is 25.2 Å². The summed E-state index contributed by atoms with van der Waals surface area (Å²) in [6.45, 7) is 0.592. The molecule has 0 aliphatic heterocycles. The van der Waals surface area contributed by atoms with Crippen molar-refractivity contribution >= 4 is 16.5 Å². The van der Waals surface area contributed by atoms with Crippen molar-refractivity contribution in [3.63, 3.8) is 0 Å². The van der Waals surface area contributed by atoms with Gasteiger partial charge in [-0.15, -0.1) is 0 Å². The Labute approximate surface area is 139 Å². The lowest BCUT2D eigenvalue weighted by molar-refractivity contribution is 0.531. The Hall–Kier alpha value is -3.07. The van der Waals surface area contributed by atoms with Crippen LogP contribution in [0.25, 0.3) is 22.1 Å². The van der Waals surface area contributed by atoms with Crippen molar-refractivity contribution in [1.29, 1.82) is 0 Å². The van der Waals surface area contributed by atoms with E-state index in [0.717, 1.165) is 22.8 Å². The Balaban J connectivity index is 1.53. The summed E-state index contributed by atoms with van der Waals surface area (Å²) < 4.78 is 18.9. The normalized spacial score (nSPS) is 10.9. The molecule has 1 aromatic heterocycles. The third-order valence-corrected chi connectivity index (χ3v) is 4.03. The second kappa shape index (κ2) is 6.20. The minimum absolute atomic E-state index is 0.247. The van der Waals surface area contributed by atoms with Gasteiger partial charge in [-0.25, -0.2) is 4.39 Å². The Morgan fingerprint density at radius 1 is 0.792 bits per heavy atom. The molecule has 0 fully saturated rings. The largest absolute Gasteiger partial charge is 0.459 e. The van der Waals surface area contributed by atoms with E-state index < -0.39 is 0 Å². The van der Waals surface area contributed by atoms with Crippen LogP contribution >= 0.6 is 0 Å². The van der Waals surface area contributed by atoms with E-state index in [4.69, 9.17) is 4.42 Å². The first-order chi connectivity index (χ1) is 11.8. The fourth-order valence-electron chi connectivity index (χ4n) is 2.80. The lowest BCUT2D eigenvalue weighted by Gasteiger charge is -2.08. The number of nitrogens with one attached hydrogen (secondary N) is 1. The maximum absolute atomic E-state index is 13.0. The molecule has 118 valence electrons. The first kappa shape index (κ1) is 14.5. The molecule has 0 aliphatic carbocycles. The van der Waals surface area contributed by atoms with E-state index in [9.17, 15) is 4.39 Å². The lowest BCUT2D eigenvalue weighted by atomic mass is 10.1. The molecule has 3 aromatic carbocycles. The van der Waals surface area contributed by atoms with E-state index >= 15 is 0 Å². The van der Waals surface area contributed by atoms with Crippen molar-refractivity contribution in [3.8, 4) is 11.3 Å². The predicted octanol–water partition coefficient (Wildman–Crippen LogP) is 5.85. The van der Waals surface area contributed by atoms with Gasteiger partial charge >= 0.3 is 0 Å². The van der Waals surface area contributed by atoms with Crippen molar-refractivity contribution < 1.29 is 8.81 Å². The van der Waals surface area contributed by atoms with E-state index in [2.05, 4.69) is 29.6 Å². The Morgan fingerprint density at radius 2 is 1.58 bits per heavy atom. The first-order valence-electron chi connectivity index (χ1n) is 7.86. The molecule has 0 amide bonds. The minimum atomic E-state index is -0.247. The highest BCUT2D eigenvalue weighted by atomic mass is 19.1. The van der Waals surface area contributed by atoms with Crippen LogP contribution in [0, 0.1) is 5.82 Å². The molecule has 0 radical (unpaired) electrons. The molecule has 0 spiro atoms. The predicted molar refractivity (Wildman–Crippen MR) is 95.4 cm³/mol. The monoisotopic (exact) mass is 317 g/mol. The number of fused-ring (bicyclic) bond motifs is 1. The van der Waals surface area contributed by atoms with Gasteiger partial charge in [-0.05, 0) is 47.9 Å². The molecule has 0 bridgehead atoms. The van der Waals surface area contributed by atoms with Crippen LogP contribution in [-0.4, -0.2) is 0 Å². The SMILES string of the molecule is Fc1ccc(-c2ccc(CNc3cccc4ccccc34)o2)cc1. The molecule has 1 N–H and O–H groups in total. The zero-order valence-corrected chi connectivity index (χ0v) is 13.0. The van der Waals surface area contributed by atoms with Gasteiger partial charge in [-0.1, -0.05) is 36.4 Å². The van der Waals surface area contributed by atoms with Crippen LogP contribution in [-0.2, 0) is 6.54 Å². The first-order valence-corrected chi connectivity index (χ1v) is 7.86. The highest BCUT2D eigenvalue weighted by Crippen LogP contribution is 2.25. The van der Waals surface area contributed by atoms with Crippen LogP contribution in [0.3, 0.4) is 0 Å². The molecule has 0 atom stereocenters. The Bertz CT molecular complexity index is 967. The van der Waals surface area contributed by atoms with Crippen molar-refractivity contribution in [3.05, 3.63) is 90.4 Å². The summed E-state index contributed by atoms with van der Waals surface area (Å²) in [4.78, 5) is 0. The molecule has 24 heavy (non-hydrogen) atoms. The quantitative estimate of drug-likeness (QED) is 0.510. The number of benzene rings is 3. The molecular weight excluding hydrogens is 301 g/mol. The van der Waals surface area contributed by atoms with Crippen LogP contribution in [0.2, 0.25) is 0 Å². The van der Waals surface area contributed by atoms with E-state index in [1.54, 1.807) is 12.1 Å². The summed E-state index contributed by atoms with van der Waals surface area (Å²) in [6.07, 6.45) is 0. The fourth-order valence-corrected chi connectivity index (χ4v) is 2.80. The maximum atomic E-state index is 13.0. The summed E-state index contributed by atoms with van der Waals surface area (Å²) in [5, 5.41) is 5.81. The van der Waals surface area contributed by atoms with Gasteiger partial charge in [0.25, 0.3) is 0 Å². The molecular formula is C21H16FNO. The summed E-state index contributed by atoms with van der Waals surface area (Å²) in [5.41, 5.74) is 1.95. The van der Waals surface area contributed by atoms with Crippen LogP contribution in [0.5, 0.6) is 0 Å². The summed E-state index contributed by atoms with van der Waals surface area (Å²) >= 11 is 0. The van der Waals surface area contributed by atoms with Crippen molar-refractivity contribution in [1.82, 2.24) is 0 Å². The van der Waals surface area contributed by atoms with Gasteiger partial charge in [-0.2, -0.15) is 0 Å². The highest BCUT2D eigenvalue weighted by molar-refractivity contribution is 5.93. The third kappa shape index (κ3) is 2.88. The van der Waals surface area contributed by atoms with Gasteiger partial charge in [0.05, 0.1) is 6.54 Å². The number of hydrogen-bond acceptors (Lipinski definition) is 2. The van der Waals surface area contributed by atoms with E-state index in [1.807, 2.05) is 30.3 Å². The van der Waals surface area contributed by atoms with E-state index in [0.29, 0.717) is 6.54 Å². The van der Waals surface area contributed by atoms with Gasteiger partial charge in [-0.3, -0.25) is 0 Å². The average molecular weight is 317 g/mol. The maximum Gasteiger partial charge on any atom is 0.134 e. The molecule has 4 rings (SSSR count). The minimum Gasteiger partial charge on any atom is -0.459 e. The van der Waals surface area contributed by atoms with Crippen LogP contribution in [0.15, 0.2) is 83.3 Å². The second-order valence-electron chi connectivity index (χ2n) is 5.65. The molecule has 3 heteroatoms. The summed E-state index contributed by atoms with van der Waals surface area (Å²) in [5.74, 6) is 1.33. The molecule has 2 nitrogen and oxygen atoms in total. The van der Waals surface area contributed by atoms with Crippen LogP contribution in [0.1, 0.15) is 5.76 Å². The number of anilines is 1. The zero-order valence-electron chi connectivity index (χ0n) is 13.0. The smallest absolute Gasteiger partial charge is 0.134 e. The van der Waals surface area contributed by atoms with E-state index in [1.165, 1.54) is 22.9 Å². The van der Waals surface area contributed by atoms with Crippen molar-refractivity contribution in [2.45, 2.75) is 6.54 Å². The summed E-state index contributed by atoms with van der Waals surface area (Å²) in [7, 11) is 0. The molecule has 0 saturated heterocycles. The van der Waals surface area contributed by atoms with Gasteiger partial charge < -0.3 is 9.73 Å². The number of furan rings is 1. The standard InChI is InChI=1S/C21H16FNO/c22-17-10-8-16(9-11-17)21-13-12-18(24-21)14-23-20-7-3-5-15-4-1-2-6-19(15)20/h1-13,23H,14H2. The molecule has 1 heterocycles. The van der Waals surface area contributed by atoms with Crippen LogP contribution < -0.4 is 5.32 Å². The summed E-state index contributed by atoms with van der Waals surface area (Å²) in [6, 6.07) is 24.6. The second-order valence-corrected chi connectivity index (χ2v) is 5.65.